The number of sulfonamides is 1. The molecule has 0 atom stereocenters. The van der Waals surface area contributed by atoms with Gasteiger partial charge in [-0.2, -0.15) is 4.31 Å². The zero-order valence-corrected chi connectivity index (χ0v) is 19.2. The molecule has 1 amide bonds. The Labute approximate surface area is 189 Å². The highest BCUT2D eigenvalue weighted by molar-refractivity contribution is 7.88. The van der Waals surface area contributed by atoms with Gasteiger partial charge in [0.1, 0.15) is 0 Å². The first-order chi connectivity index (χ1) is 15.4. The molecule has 4 rings (SSSR count). The molecular weight excluding hydrogens is 428 g/mol. The predicted octanol–water partition coefficient (Wildman–Crippen LogP) is 1.85. The standard InChI is InChI=1S/C23H30N4O4S/c1-25-10-12-26(13-11-25)22-8-6-21(7-9-22)24-23(28)20-4-2-19(3-5-20)18-32(29,30)27-14-16-31-17-15-27/h2-9H,10-18H2,1H3,(H,24,28). The summed E-state index contributed by atoms with van der Waals surface area (Å²) < 4.78 is 31.8. The lowest BCUT2D eigenvalue weighted by atomic mass is 10.1. The van der Waals surface area contributed by atoms with E-state index < -0.39 is 10.0 Å². The molecule has 2 aromatic rings. The van der Waals surface area contributed by atoms with Crippen molar-refractivity contribution in [1.82, 2.24) is 9.21 Å². The average Bonchev–Trinajstić information content (AvgIpc) is 2.81. The van der Waals surface area contributed by atoms with Crippen molar-refractivity contribution < 1.29 is 17.9 Å². The maximum absolute atomic E-state index is 12.6. The summed E-state index contributed by atoms with van der Waals surface area (Å²) >= 11 is 0. The highest BCUT2D eigenvalue weighted by atomic mass is 32.2. The van der Waals surface area contributed by atoms with Crippen molar-refractivity contribution in [2.75, 3.05) is 69.7 Å². The Kier molecular flexibility index (Phi) is 7.10. The van der Waals surface area contributed by atoms with Crippen molar-refractivity contribution in [3.63, 3.8) is 0 Å². The summed E-state index contributed by atoms with van der Waals surface area (Å²) in [5.74, 6) is -0.303. The summed E-state index contributed by atoms with van der Waals surface area (Å²) in [6.45, 7) is 5.70. The number of carbonyl (C=O) groups excluding carboxylic acids is 1. The molecule has 0 radical (unpaired) electrons. The number of morpholine rings is 1. The van der Waals surface area contributed by atoms with E-state index >= 15 is 0 Å². The topological polar surface area (TPSA) is 82.2 Å². The van der Waals surface area contributed by atoms with Crippen LogP contribution in [0.15, 0.2) is 48.5 Å². The lowest BCUT2D eigenvalue weighted by molar-refractivity contribution is 0.0729. The number of anilines is 2. The molecule has 2 aliphatic heterocycles. The second kappa shape index (κ2) is 9.99. The largest absolute Gasteiger partial charge is 0.379 e. The fourth-order valence-electron chi connectivity index (χ4n) is 3.90. The molecule has 1 N–H and O–H groups in total. The molecule has 2 heterocycles. The van der Waals surface area contributed by atoms with Crippen molar-refractivity contribution in [3.8, 4) is 0 Å². The fourth-order valence-corrected chi connectivity index (χ4v) is 5.40. The van der Waals surface area contributed by atoms with Crippen LogP contribution in [0.5, 0.6) is 0 Å². The molecule has 0 aliphatic carbocycles. The Hall–Kier alpha value is -2.46. The van der Waals surface area contributed by atoms with Crippen molar-refractivity contribution in [1.29, 1.82) is 0 Å². The number of benzene rings is 2. The maximum Gasteiger partial charge on any atom is 0.255 e. The van der Waals surface area contributed by atoms with E-state index in [2.05, 4.69) is 22.2 Å². The third-order valence-electron chi connectivity index (χ3n) is 5.92. The first kappa shape index (κ1) is 22.7. The summed E-state index contributed by atoms with van der Waals surface area (Å²) in [5.41, 5.74) is 3.03. The van der Waals surface area contributed by atoms with Gasteiger partial charge >= 0.3 is 0 Å². The summed E-state index contributed by atoms with van der Waals surface area (Å²) in [7, 11) is -1.26. The summed E-state index contributed by atoms with van der Waals surface area (Å²) in [5, 5.41) is 2.91. The van der Waals surface area contributed by atoms with Crippen LogP contribution in [0.3, 0.4) is 0 Å². The number of likely N-dealkylation sites (N-methyl/N-ethyl adjacent to an activating group) is 1. The van der Waals surface area contributed by atoms with Crippen LogP contribution < -0.4 is 10.2 Å². The minimum absolute atomic E-state index is 0.0807. The molecule has 172 valence electrons. The van der Waals surface area contributed by atoms with Gasteiger partial charge in [0.05, 0.1) is 19.0 Å². The number of nitrogens with zero attached hydrogens (tertiary/aromatic N) is 3. The average molecular weight is 459 g/mol. The molecule has 2 aromatic carbocycles. The Bertz CT molecular complexity index is 1010. The van der Waals surface area contributed by atoms with Gasteiger partial charge in [-0.25, -0.2) is 8.42 Å². The van der Waals surface area contributed by atoms with Gasteiger partial charge in [-0.1, -0.05) is 12.1 Å². The van der Waals surface area contributed by atoms with Gasteiger partial charge in [0.2, 0.25) is 10.0 Å². The first-order valence-corrected chi connectivity index (χ1v) is 12.5. The van der Waals surface area contributed by atoms with Gasteiger partial charge in [0.15, 0.2) is 0 Å². The number of hydrogen-bond donors (Lipinski definition) is 1. The first-order valence-electron chi connectivity index (χ1n) is 10.9. The predicted molar refractivity (Wildman–Crippen MR) is 126 cm³/mol. The van der Waals surface area contributed by atoms with E-state index in [1.165, 1.54) is 4.31 Å². The maximum atomic E-state index is 12.6. The van der Waals surface area contributed by atoms with E-state index in [1.807, 2.05) is 24.3 Å². The third-order valence-corrected chi connectivity index (χ3v) is 7.77. The number of piperazine rings is 1. The quantitative estimate of drug-likeness (QED) is 0.712. The zero-order chi connectivity index (χ0) is 22.6. The fraction of sp³-hybridized carbons (Fsp3) is 0.435. The van der Waals surface area contributed by atoms with E-state index in [-0.39, 0.29) is 11.7 Å². The van der Waals surface area contributed by atoms with Crippen LogP contribution in [0.4, 0.5) is 11.4 Å². The van der Waals surface area contributed by atoms with E-state index in [9.17, 15) is 13.2 Å². The minimum atomic E-state index is -3.39. The Morgan fingerprint density at radius 1 is 0.906 bits per heavy atom. The summed E-state index contributed by atoms with van der Waals surface area (Å²) in [6.07, 6.45) is 0. The molecule has 2 fully saturated rings. The van der Waals surface area contributed by atoms with Gasteiger partial charge in [-0.15, -0.1) is 0 Å². The second-order valence-electron chi connectivity index (χ2n) is 8.26. The third kappa shape index (κ3) is 5.66. The van der Waals surface area contributed by atoms with Crippen LogP contribution >= 0.6 is 0 Å². The molecule has 0 bridgehead atoms. The van der Waals surface area contributed by atoms with E-state index in [0.29, 0.717) is 37.4 Å². The van der Waals surface area contributed by atoms with Gasteiger partial charge in [0, 0.05) is 56.2 Å². The van der Waals surface area contributed by atoms with E-state index in [1.54, 1.807) is 24.3 Å². The molecule has 2 aliphatic rings. The van der Waals surface area contributed by atoms with Gasteiger partial charge in [-0.05, 0) is 49.0 Å². The summed E-state index contributed by atoms with van der Waals surface area (Å²) in [4.78, 5) is 17.3. The lowest BCUT2D eigenvalue weighted by Crippen LogP contribution is -2.44. The second-order valence-corrected chi connectivity index (χ2v) is 10.2. The molecule has 0 spiro atoms. The SMILES string of the molecule is CN1CCN(c2ccc(NC(=O)c3ccc(CS(=O)(=O)N4CCOCC4)cc3)cc2)CC1. The van der Waals surface area contributed by atoms with Crippen LogP contribution in [0.1, 0.15) is 15.9 Å². The van der Waals surface area contributed by atoms with Crippen molar-refractivity contribution in [3.05, 3.63) is 59.7 Å². The lowest BCUT2D eigenvalue weighted by Gasteiger charge is -2.34. The van der Waals surface area contributed by atoms with Crippen LogP contribution in [0.2, 0.25) is 0 Å². The molecule has 2 saturated heterocycles. The van der Waals surface area contributed by atoms with Crippen molar-refractivity contribution in [2.24, 2.45) is 0 Å². The Morgan fingerprint density at radius 3 is 2.16 bits per heavy atom. The molecule has 0 aromatic heterocycles. The molecule has 8 nitrogen and oxygen atoms in total. The normalized spacial score (nSPS) is 18.5. The molecule has 0 saturated carbocycles. The number of rotatable bonds is 6. The van der Waals surface area contributed by atoms with Crippen molar-refractivity contribution >= 4 is 27.3 Å². The van der Waals surface area contributed by atoms with Gasteiger partial charge in [0.25, 0.3) is 5.91 Å². The van der Waals surface area contributed by atoms with Gasteiger partial charge in [-0.3, -0.25) is 4.79 Å². The van der Waals surface area contributed by atoms with E-state index in [0.717, 1.165) is 37.6 Å². The number of ether oxygens (including phenoxy) is 1. The molecule has 9 heteroatoms. The van der Waals surface area contributed by atoms with Crippen LogP contribution in [0.25, 0.3) is 0 Å². The van der Waals surface area contributed by atoms with Crippen LogP contribution in [-0.4, -0.2) is 83.1 Å². The number of carbonyl (C=O) groups is 1. The highest BCUT2D eigenvalue weighted by Gasteiger charge is 2.24. The van der Waals surface area contributed by atoms with E-state index in [4.69, 9.17) is 4.74 Å². The Morgan fingerprint density at radius 2 is 1.53 bits per heavy atom. The van der Waals surface area contributed by atoms with Gasteiger partial charge < -0.3 is 19.9 Å². The highest BCUT2D eigenvalue weighted by Crippen LogP contribution is 2.20. The summed E-state index contributed by atoms with van der Waals surface area (Å²) in [6, 6.07) is 14.6. The van der Waals surface area contributed by atoms with Crippen LogP contribution in [0, 0.1) is 0 Å². The zero-order valence-electron chi connectivity index (χ0n) is 18.4. The van der Waals surface area contributed by atoms with Crippen LogP contribution in [-0.2, 0) is 20.5 Å². The number of hydrogen-bond acceptors (Lipinski definition) is 6. The van der Waals surface area contributed by atoms with Crippen molar-refractivity contribution in [2.45, 2.75) is 5.75 Å². The molecule has 0 unspecified atom stereocenters. The smallest absolute Gasteiger partial charge is 0.255 e. The monoisotopic (exact) mass is 458 g/mol. The molecule has 32 heavy (non-hydrogen) atoms. The minimum Gasteiger partial charge on any atom is -0.379 e. The molecular formula is C23H30N4O4S. The number of amides is 1. The number of nitrogens with one attached hydrogen (secondary N) is 1. The Balaban J connectivity index is 1.33.